The fourth-order valence-electron chi connectivity index (χ4n) is 2.30. The summed E-state index contributed by atoms with van der Waals surface area (Å²) in [5.41, 5.74) is 1.45. The van der Waals surface area contributed by atoms with E-state index in [1.54, 1.807) is 32.3 Å². The molecule has 2 rings (SSSR count). The van der Waals surface area contributed by atoms with Crippen molar-refractivity contribution in [2.75, 3.05) is 11.9 Å². The zero-order valence-electron chi connectivity index (χ0n) is 13.6. The van der Waals surface area contributed by atoms with E-state index in [2.05, 4.69) is 5.32 Å². The van der Waals surface area contributed by atoms with Gasteiger partial charge < -0.3 is 14.6 Å². The molecular formula is C17H18ClFN2O3. The number of alkyl halides is 1. The summed E-state index contributed by atoms with van der Waals surface area (Å²) in [7, 11) is 1.65. The molecule has 0 aliphatic carbocycles. The lowest BCUT2D eigenvalue weighted by Gasteiger charge is -2.11. The number of ether oxygens (including phenoxy) is 1. The average molecular weight is 353 g/mol. The molecule has 1 unspecified atom stereocenters. The predicted molar refractivity (Wildman–Crippen MR) is 90.7 cm³/mol. The van der Waals surface area contributed by atoms with Crippen molar-refractivity contribution < 1.29 is 18.7 Å². The standard InChI is InChI=1S/C17H18ClFN2O3/c1-4-24-17(23)15-14(20-16(22)10(2)18)13(9-21(15)3)11-6-5-7-12(19)8-11/h5-10H,4H2,1-3H3,(H,20,22). The number of hydrogen-bond donors (Lipinski definition) is 1. The van der Waals surface area contributed by atoms with Gasteiger partial charge in [-0.1, -0.05) is 12.1 Å². The molecule has 128 valence electrons. The summed E-state index contributed by atoms with van der Waals surface area (Å²) >= 11 is 5.81. The largest absolute Gasteiger partial charge is 0.461 e. The van der Waals surface area contributed by atoms with Gasteiger partial charge in [0.1, 0.15) is 11.2 Å². The summed E-state index contributed by atoms with van der Waals surface area (Å²) in [4.78, 5) is 24.3. The molecule has 0 saturated heterocycles. The highest BCUT2D eigenvalue weighted by Gasteiger charge is 2.25. The van der Waals surface area contributed by atoms with Crippen molar-refractivity contribution in [3.05, 3.63) is 42.0 Å². The van der Waals surface area contributed by atoms with Gasteiger partial charge in [0.2, 0.25) is 5.91 Å². The number of halogens is 2. The van der Waals surface area contributed by atoms with Gasteiger partial charge in [-0.2, -0.15) is 0 Å². The molecule has 5 nitrogen and oxygen atoms in total. The Morgan fingerprint density at radius 3 is 2.71 bits per heavy atom. The second kappa shape index (κ2) is 7.49. The summed E-state index contributed by atoms with van der Waals surface area (Å²) < 4.78 is 20.1. The number of benzene rings is 1. The number of carbonyl (C=O) groups excluding carboxylic acids is 2. The van der Waals surface area contributed by atoms with Crippen LogP contribution in [0.5, 0.6) is 0 Å². The predicted octanol–water partition coefficient (Wildman–Crippen LogP) is 3.57. The van der Waals surface area contributed by atoms with Crippen molar-refractivity contribution in [2.45, 2.75) is 19.2 Å². The minimum atomic E-state index is -0.791. The fourth-order valence-corrected chi connectivity index (χ4v) is 2.35. The van der Waals surface area contributed by atoms with Crippen molar-refractivity contribution in [3.63, 3.8) is 0 Å². The van der Waals surface area contributed by atoms with Crippen LogP contribution in [-0.2, 0) is 16.6 Å². The minimum Gasteiger partial charge on any atom is -0.461 e. The van der Waals surface area contributed by atoms with Gasteiger partial charge in [0.15, 0.2) is 5.69 Å². The zero-order valence-corrected chi connectivity index (χ0v) is 14.4. The molecule has 0 spiro atoms. The number of aryl methyl sites for hydroxylation is 1. The maximum absolute atomic E-state index is 13.6. The topological polar surface area (TPSA) is 60.3 Å². The van der Waals surface area contributed by atoms with Gasteiger partial charge in [-0.15, -0.1) is 11.6 Å². The van der Waals surface area contributed by atoms with Crippen molar-refractivity contribution in [2.24, 2.45) is 7.05 Å². The molecule has 0 aliphatic heterocycles. The van der Waals surface area contributed by atoms with Gasteiger partial charge in [-0.25, -0.2) is 9.18 Å². The number of amides is 1. The van der Waals surface area contributed by atoms with E-state index >= 15 is 0 Å². The van der Waals surface area contributed by atoms with Crippen molar-refractivity contribution in [1.29, 1.82) is 0 Å². The van der Waals surface area contributed by atoms with Crippen LogP contribution < -0.4 is 5.32 Å². The molecule has 1 aromatic carbocycles. The van der Waals surface area contributed by atoms with Crippen LogP contribution in [-0.4, -0.2) is 28.4 Å². The summed E-state index contributed by atoms with van der Waals surface area (Å²) in [6.45, 7) is 3.40. The van der Waals surface area contributed by atoms with Crippen LogP contribution in [0.4, 0.5) is 10.1 Å². The van der Waals surface area contributed by atoms with Crippen LogP contribution in [0.1, 0.15) is 24.3 Å². The van der Waals surface area contributed by atoms with Gasteiger partial charge in [-0.05, 0) is 31.5 Å². The summed E-state index contributed by atoms with van der Waals surface area (Å²) in [5.74, 6) is -1.47. The number of carbonyl (C=O) groups is 2. The van der Waals surface area contributed by atoms with Gasteiger partial charge in [0.05, 0.1) is 12.3 Å². The van der Waals surface area contributed by atoms with E-state index in [1.807, 2.05) is 0 Å². The number of nitrogens with one attached hydrogen (secondary N) is 1. The maximum atomic E-state index is 13.6. The van der Waals surface area contributed by atoms with Crippen molar-refractivity contribution in [1.82, 2.24) is 4.57 Å². The number of esters is 1. The lowest BCUT2D eigenvalue weighted by molar-refractivity contribution is -0.115. The molecule has 2 aromatic rings. The highest BCUT2D eigenvalue weighted by atomic mass is 35.5. The third-order valence-corrected chi connectivity index (χ3v) is 3.59. The number of rotatable bonds is 5. The number of nitrogens with zero attached hydrogens (tertiary/aromatic N) is 1. The van der Waals surface area contributed by atoms with E-state index in [4.69, 9.17) is 16.3 Å². The van der Waals surface area contributed by atoms with Crippen molar-refractivity contribution in [3.8, 4) is 11.1 Å². The smallest absolute Gasteiger partial charge is 0.357 e. The molecular weight excluding hydrogens is 335 g/mol. The second-order valence-electron chi connectivity index (χ2n) is 5.21. The maximum Gasteiger partial charge on any atom is 0.357 e. The number of aromatic nitrogens is 1. The number of hydrogen-bond acceptors (Lipinski definition) is 3. The first-order valence-electron chi connectivity index (χ1n) is 7.42. The molecule has 1 heterocycles. The normalized spacial score (nSPS) is 11.9. The first-order valence-corrected chi connectivity index (χ1v) is 7.86. The fraction of sp³-hybridized carbons (Fsp3) is 0.294. The lowest BCUT2D eigenvalue weighted by Crippen LogP contribution is -2.22. The van der Waals surface area contributed by atoms with E-state index in [9.17, 15) is 14.0 Å². The third-order valence-electron chi connectivity index (χ3n) is 3.40. The zero-order chi connectivity index (χ0) is 17.9. The van der Waals surface area contributed by atoms with E-state index in [0.29, 0.717) is 11.1 Å². The third kappa shape index (κ3) is 3.76. The monoisotopic (exact) mass is 352 g/mol. The molecule has 7 heteroatoms. The summed E-state index contributed by atoms with van der Waals surface area (Å²) in [6, 6.07) is 5.88. The highest BCUT2D eigenvalue weighted by molar-refractivity contribution is 6.32. The first-order chi connectivity index (χ1) is 11.3. The molecule has 0 radical (unpaired) electrons. The Morgan fingerprint density at radius 2 is 2.12 bits per heavy atom. The molecule has 1 amide bonds. The van der Waals surface area contributed by atoms with Gasteiger partial charge in [-0.3, -0.25) is 4.79 Å². The van der Waals surface area contributed by atoms with Crippen LogP contribution in [0.15, 0.2) is 30.5 Å². The SMILES string of the molecule is CCOC(=O)c1c(NC(=O)C(C)Cl)c(-c2cccc(F)c2)cn1C. The molecule has 0 fully saturated rings. The first kappa shape index (κ1) is 18.0. The lowest BCUT2D eigenvalue weighted by atomic mass is 10.1. The quantitative estimate of drug-likeness (QED) is 0.661. The van der Waals surface area contributed by atoms with Crippen LogP contribution in [0.25, 0.3) is 11.1 Å². The molecule has 1 aromatic heterocycles. The molecule has 0 saturated carbocycles. The van der Waals surface area contributed by atoms with E-state index in [0.717, 1.165) is 0 Å². The Kier molecular flexibility index (Phi) is 5.62. The average Bonchev–Trinajstić information content (AvgIpc) is 2.84. The Labute approximate surface area is 144 Å². The molecule has 1 N–H and O–H groups in total. The molecule has 1 atom stereocenters. The van der Waals surface area contributed by atoms with E-state index in [-0.39, 0.29) is 18.0 Å². The molecule has 0 bridgehead atoms. The van der Waals surface area contributed by atoms with E-state index < -0.39 is 23.1 Å². The van der Waals surface area contributed by atoms with Crippen LogP contribution >= 0.6 is 11.6 Å². The Balaban J connectivity index is 2.60. The summed E-state index contributed by atoms with van der Waals surface area (Å²) in [6.07, 6.45) is 1.63. The molecule has 0 aliphatic rings. The Hall–Kier alpha value is -2.34. The Bertz CT molecular complexity index is 771. The van der Waals surface area contributed by atoms with Crippen LogP contribution in [0.3, 0.4) is 0 Å². The van der Waals surface area contributed by atoms with Gasteiger partial charge in [0.25, 0.3) is 0 Å². The van der Waals surface area contributed by atoms with Crippen LogP contribution in [0, 0.1) is 5.82 Å². The van der Waals surface area contributed by atoms with Crippen LogP contribution in [0.2, 0.25) is 0 Å². The Morgan fingerprint density at radius 1 is 1.42 bits per heavy atom. The number of anilines is 1. The second-order valence-corrected chi connectivity index (χ2v) is 5.87. The molecule has 24 heavy (non-hydrogen) atoms. The van der Waals surface area contributed by atoms with Gasteiger partial charge in [0, 0.05) is 18.8 Å². The summed E-state index contributed by atoms with van der Waals surface area (Å²) in [5, 5.41) is 1.85. The van der Waals surface area contributed by atoms with Gasteiger partial charge >= 0.3 is 5.97 Å². The highest BCUT2D eigenvalue weighted by Crippen LogP contribution is 2.34. The minimum absolute atomic E-state index is 0.168. The van der Waals surface area contributed by atoms with Crippen molar-refractivity contribution >= 4 is 29.2 Å². The van der Waals surface area contributed by atoms with E-state index in [1.165, 1.54) is 23.6 Å².